The molecule has 0 bridgehead atoms. The lowest BCUT2D eigenvalue weighted by Crippen LogP contribution is -2.59. The molecule has 1 aliphatic heterocycles. The first-order valence-electron chi connectivity index (χ1n) is 21.3. The van der Waals surface area contributed by atoms with Gasteiger partial charge in [-0.2, -0.15) is 0 Å². The van der Waals surface area contributed by atoms with Gasteiger partial charge in [-0.25, -0.2) is 4.79 Å². The first kappa shape index (κ1) is 52.4. The van der Waals surface area contributed by atoms with Crippen molar-refractivity contribution in [3.8, 4) is 0 Å². The standard InChI is InChI=1S/C50H76O8/c1-9-39(4)27-19-15-11-10-12-17-21-33-43(36-51)50(8,35-25-32-42(7)48(56)58-49-47(55)46(54)45(53)44(37-52)57-49)34-22-18-14-13-16-20-28-40(5)30-24-31-41(6)29-23-26-38(2)3/h13-14,16,18,20-22,24-26,28,30-33,35-36,39,43-47,49,52-55H,9-12,15,17,19,23,27,29,34,37H2,1-8H3/b14-13+,20-16+,22-18+,30-24+,33-21-,35-25+,40-28+,41-31+,42-32+/t39?,43?,44-,45-,46+,47-,49-,50?/m1/s1. The molecule has 0 saturated carbocycles. The molecule has 1 rings (SSSR count). The molecule has 1 heterocycles. The van der Waals surface area contributed by atoms with Gasteiger partial charge in [0.2, 0.25) is 6.29 Å². The molecule has 0 aromatic carbocycles. The van der Waals surface area contributed by atoms with E-state index in [9.17, 15) is 30.0 Å². The second-order valence-electron chi connectivity index (χ2n) is 16.3. The lowest BCUT2D eigenvalue weighted by Gasteiger charge is -2.39. The average molecular weight is 805 g/mol. The van der Waals surface area contributed by atoms with Crippen LogP contribution in [0.1, 0.15) is 126 Å². The van der Waals surface area contributed by atoms with Crippen molar-refractivity contribution in [2.45, 2.75) is 157 Å². The summed E-state index contributed by atoms with van der Waals surface area (Å²) in [6.45, 7) is 15.9. The van der Waals surface area contributed by atoms with Crippen molar-refractivity contribution in [1.82, 2.24) is 0 Å². The van der Waals surface area contributed by atoms with Gasteiger partial charge in [-0.3, -0.25) is 0 Å². The highest BCUT2D eigenvalue weighted by atomic mass is 16.7. The Morgan fingerprint density at radius 1 is 0.810 bits per heavy atom. The van der Waals surface area contributed by atoms with Crippen LogP contribution < -0.4 is 0 Å². The third-order valence-electron chi connectivity index (χ3n) is 10.6. The van der Waals surface area contributed by atoms with Crippen LogP contribution in [0.15, 0.2) is 120 Å². The summed E-state index contributed by atoms with van der Waals surface area (Å²) >= 11 is 0. The van der Waals surface area contributed by atoms with Crippen molar-refractivity contribution >= 4 is 12.3 Å². The minimum Gasteiger partial charge on any atom is -0.429 e. The van der Waals surface area contributed by atoms with Gasteiger partial charge in [0.25, 0.3) is 0 Å². The van der Waals surface area contributed by atoms with Gasteiger partial charge >= 0.3 is 5.97 Å². The zero-order chi connectivity index (χ0) is 43.3. The van der Waals surface area contributed by atoms with E-state index in [1.807, 2.05) is 55.5 Å². The lowest BCUT2D eigenvalue weighted by atomic mass is 9.74. The Bertz CT molecular complexity index is 1500. The van der Waals surface area contributed by atoms with Crippen LogP contribution in [0.25, 0.3) is 0 Å². The third-order valence-corrected chi connectivity index (χ3v) is 10.6. The largest absolute Gasteiger partial charge is 0.429 e. The minimum absolute atomic E-state index is 0.185. The highest BCUT2D eigenvalue weighted by molar-refractivity contribution is 5.88. The number of hydrogen-bond donors (Lipinski definition) is 4. The van der Waals surface area contributed by atoms with Gasteiger partial charge < -0.3 is 34.7 Å². The highest BCUT2D eigenvalue weighted by Crippen LogP contribution is 2.34. The first-order valence-corrected chi connectivity index (χ1v) is 21.3. The molecule has 0 radical (unpaired) electrons. The Balaban J connectivity index is 3.00. The van der Waals surface area contributed by atoms with E-state index in [-0.39, 0.29) is 5.57 Å². The summed E-state index contributed by atoms with van der Waals surface area (Å²) < 4.78 is 10.6. The Morgan fingerprint density at radius 3 is 2.19 bits per heavy atom. The van der Waals surface area contributed by atoms with E-state index in [0.29, 0.717) is 6.42 Å². The molecule has 1 fully saturated rings. The number of carbonyl (C=O) groups excluding carboxylic acids is 2. The van der Waals surface area contributed by atoms with E-state index < -0.39 is 54.6 Å². The predicted molar refractivity (Wildman–Crippen MR) is 239 cm³/mol. The zero-order valence-electron chi connectivity index (χ0n) is 36.8. The van der Waals surface area contributed by atoms with Crippen molar-refractivity contribution in [2.75, 3.05) is 6.61 Å². The number of aliphatic hydroxyl groups excluding tert-OH is 4. The van der Waals surface area contributed by atoms with E-state index >= 15 is 0 Å². The first-order chi connectivity index (χ1) is 27.7. The maximum atomic E-state index is 12.9. The van der Waals surface area contributed by atoms with Crippen LogP contribution in [0.2, 0.25) is 0 Å². The molecule has 8 nitrogen and oxygen atoms in total. The number of aliphatic hydroxyl groups is 4. The second-order valence-corrected chi connectivity index (χ2v) is 16.3. The van der Waals surface area contributed by atoms with Gasteiger partial charge in [0.05, 0.1) is 6.61 Å². The summed E-state index contributed by atoms with van der Waals surface area (Å²) in [6, 6.07) is 0. The Kier molecular flexibility index (Phi) is 27.4. The number of allylic oxidation sites excluding steroid dienone is 19. The summed E-state index contributed by atoms with van der Waals surface area (Å²) in [7, 11) is 0. The molecule has 0 aliphatic carbocycles. The van der Waals surface area contributed by atoms with Gasteiger partial charge in [-0.1, -0.05) is 173 Å². The van der Waals surface area contributed by atoms with Gasteiger partial charge in [0, 0.05) is 16.9 Å². The summed E-state index contributed by atoms with van der Waals surface area (Å²) in [6.07, 6.45) is 37.2. The Hall–Kier alpha value is -3.66. The van der Waals surface area contributed by atoms with E-state index in [4.69, 9.17) is 9.47 Å². The second kappa shape index (κ2) is 30.4. The number of aldehydes is 1. The molecule has 0 amide bonds. The fraction of sp³-hybridized carbons (Fsp3) is 0.560. The van der Waals surface area contributed by atoms with Crippen molar-refractivity contribution < 1.29 is 39.5 Å². The van der Waals surface area contributed by atoms with Crippen LogP contribution in [0, 0.1) is 17.3 Å². The van der Waals surface area contributed by atoms with Crippen LogP contribution in [-0.4, -0.2) is 70.0 Å². The van der Waals surface area contributed by atoms with Crippen LogP contribution in [0.5, 0.6) is 0 Å². The monoisotopic (exact) mass is 805 g/mol. The molecule has 1 saturated heterocycles. The molecule has 0 spiro atoms. The normalized spacial score (nSPS) is 23.4. The van der Waals surface area contributed by atoms with Crippen LogP contribution in [0.3, 0.4) is 0 Å². The van der Waals surface area contributed by atoms with Crippen molar-refractivity contribution in [3.05, 3.63) is 120 Å². The SMILES string of the molecule is CCC(C)CCCCCCC/C=C\C(C=O)C(C)(/C=C/C=C(\C)C(=O)O[C@H]1O[C@H](CO)[C@@H](O)[C@H](O)[C@H]1O)C/C=C/C=C/C=C/C=C(C)/C=C/C=C(\C)CCC=C(C)C. The number of unbranched alkanes of at least 4 members (excludes halogenated alkanes) is 5. The molecule has 58 heavy (non-hydrogen) atoms. The van der Waals surface area contributed by atoms with Crippen molar-refractivity contribution in [2.24, 2.45) is 17.3 Å². The summed E-state index contributed by atoms with van der Waals surface area (Å²) in [4.78, 5) is 25.4. The van der Waals surface area contributed by atoms with Crippen molar-refractivity contribution in [3.63, 3.8) is 0 Å². The molecule has 4 N–H and O–H groups in total. The summed E-state index contributed by atoms with van der Waals surface area (Å²) in [5.41, 5.74) is 3.42. The van der Waals surface area contributed by atoms with Crippen molar-refractivity contribution in [1.29, 1.82) is 0 Å². The van der Waals surface area contributed by atoms with Gasteiger partial charge in [0.15, 0.2) is 0 Å². The average Bonchev–Trinajstić information content (AvgIpc) is 3.19. The molecular formula is C50H76O8. The molecule has 0 aromatic rings. The highest BCUT2D eigenvalue weighted by Gasteiger charge is 2.45. The molecule has 324 valence electrons. The van der Waals surface area contributed by atoms with E-state index in [2.05, 4.69) is 78.0 Å². The minimum atomic E-state index is -1.69. The lowest BCUT2D eigenvalue weighted by molar-refractivity contribution is -0.291. The fourth-order valence-electron chi connectivity index (χ4n) is 6.20. The van der Waals surface area contributed by atoms with E-state index in [0.717, 1.165) is 43.5 Å². The maximum absolute atomic E-state index is 12.9. The summed E-state index contributed by atoms with van der Waals surface area (Å²) in [5, 5.41) is 39.8. The van der Waals surface area contributed by atoms with Gasteiger partial charge in [0.1, 0.15) is 30.7 Å². The van der Waals surface area contributed by atoms with E-state index in [1.165, 1.54) is 56.6 Å². The number of ether oxygens (including phenoxy) is 2. The summed E-state index contributed by atoms with van der Waals surface area (Å²) in [5.74, 6) is -0.428. The van der Waals surface area contributed by atoms with Crippen LogP contribution >= 0.6 is 0 Å². The quantitative estimate of drug-likeness (QED) is 0.0161. The molecule has 8 heteroatoms. The molecular weight excluding hydrogens is 729 g/mol. The molecule has 8 atom stereocenters. The predicted octanol–water partition coefficient (Wildman–Crippen LogP) is 10.2. The fourth-order valence-corrected chi connectivity index (χ4v) is 6.20. The number of carbonyl (C=O) groups is 2. The Morgan fingerprint density at radius 2 is 1.50 bits per heavy atom. The smallest absolute Gasteiger partial charge is 0.336 e. The third kappa shape index (κ3) is 21.9. The van der Waals surface area contributed by atoms with Gasteiger partial charge in [-0.05, 0) is 72.6 Å². The number of rotatable bonds is 27. The topological polar surface area (TPSA) is 134 Å². The molecule has 3 unspecified atom stereocenters. The van der Waals surface area contributed by atoms with E-state index in [1.54, 1.807) is 12.2 Å². The molecule has 1 aliphatic rings. The number of hydrogen-bond acceptors (Lipinski definition) is 8. The Labute approximate surface area is 350 Å². The molecule has 0 aromatic heterocycles. The maximum Gasteiger partial charge on any atom is 0.336 e. The zero-order valence-corrected chi connectivity index (χ0v) is 36.8. The van der Waals surface area contributed by atoms with Crippen LogP contribution in [-0.2, 0) is 19.1 Å². The van der Waals surface area contributed by atoms with Crippen LogP contribution in [0.4, 0.5) is 0 Å². The number of esters is 1. The van der Waals surface area contributed by atoms with Gasteiger partial charge in [-0.15, -0.1) is 0 Å².